The molecular formula is C13H19N3. The minimum atomic E-state index is 0.881. The van der Waals surface area contributed by atoms with Crippen LogP contribution in [0.5, 0.6) is 0 Å². The van der Waals surface area contributed by atoms with Gasteiger partial charge in [-0.15, -0.1) is 0 Å². The fourth-order valence-corrected chi connectivity index (χ4v) is 2.02. The second-order valence-electron chi connectivity index (χ2n) is 4.32. The van der Waals surface area contributed by atoms with Gasteiger partial charge in [0.2, 0.25) is 0 Å². The Bertz CT molecular complexity index is 367. The van der Waals surface area contributed by atoms with Crippen LogP contribution in [0.25, 0.3) is 0 Å². The van der Waals surface area contributed by atoms with Gasteiger partial charge in [-0.3, -0.25) is 0 Å². The summed E-state index contributed by atoms with van der Waals surface area (Å²) in [4.78, 5) is 6.85. The first kappa shape index (κ1) is 11.1. The molecule has 0 amide bonds. The molecule has 1 aromatic rings. The van der Waals surface area contributed by atoms with E-state index in [1.165, 1.54) is 11.1 Å². The lowest BCUT2D eigenvalue weighted by Gasteiger charge is -2.27. The number of aromatic nitrogens is 1. The molecule has 0 fully saturated rings. The van der Waals surface area contributed by atoms with Crippen LogP contribution in [0, 0.1) is 0 Å². The Morgan fingerprint density at radius 2 is 2.31 bits per heavy atom. The number of nitrogens with zero attached hydrogens (tertiary/aromatic N) is 2. The second-order valence-corrected chi connectivity index (χ2v) is 4.32. The zero-order valence-electron chi connectivity index (χ0n) is 10.0. The summed E-state index contributed by atoms with van der Waals surface area (Å²) in [6, 6.07) is 4.26. The van der Waals surface area contributed by atoms with Gasteiger partial charge in [-0.05, 0) is 32.0 Å². The summed E-state index contributed by atoms with van der Waals surface area (Å²) in [7, 11) is 1.95. The van der Waals surface area contributed by atoms with Crippen LogP contribution >= 0.6 is 0 Å². The summed E-state index contributed by atoms with van der Waals surface area (Å²) in [6.07, 6.45) is 5.40. The van der Waals surface area contributed by atoms with Crippen molar-refractivity contribution in [3.63, 3.8) is 0 Å². The average molecular weight is 217 g/mol. The maximum absolute atomic E-state index is 4.51. The van der Waals surface area contributed by atoms with Crippen molar-refractivity contribution in [2.45, 2.75) is 19.9 Å². The van der Waals surface area contributed by atoms with Crippen LogP contribution in [-0.4, -0.2) is 25.1 Å². The summed E-state index contributed by atoms with van der Waals surface area (Å²) in [6.45, 7) is 5.15. The second kappa shape index (κ2) is 5.12. The SMILES string of the molecule is CNCc1ccc(N2CCC=C(C)C2)nc1. The Kier molecular flexibility index (Phi) is 3.57. The van der Waals surface area contributed by atoms with Gasteiger partial charge in [0, 0.05) is 25.8 Å². The smallest absolute Gasteiger partial charge is 0.128 e. The molecule has 1 N–H and O–H groups in total. The Morgan fingerprint density at radius 1 is 1.44 bits per heavy atom. The van der Waals surface area contributed by atoms with Crippen LogP contribution in [0.3, 0.4) is 0 Å². The summed E-state index contributed by atoms with van der Waals surface area (Å²) >= 11 is 0. The predicted octanol–water partition coefficient (Wildman–Crippen LogP) is 1.96. The van der Waals surface area contributed by atoms with Crippen LogP contribution < -0.4 is 10.2 Å². The van der Waals surface area contributed by atoms with Crippen molar-refractivity contribution >= 4 is 5.82 Å². The van der Waals surface area contributed by atoms with E-state index in [0.717, 1.165) is 31.9 Å². The molecule has 1 aliphatic heterocycles. The third kappa shape index (κ3) is 2.61. The first-order valence-electron chi connectivity index (χ1n) is 5.79. The molecule has 2 rings (SSSR count). The third-order valence-corrected chi connectivity index (χ3v) is 2.85. The molecule has 0 aromatic carbocycles. The largest absolute Gasteiger partial charge is 0.352 e. The van der Waals surface area contributed by atoms with E-state index in [0.29, 0.717) is 0 Å². The first-order valence-corrected chi connectivity index (χ1v) is 5.79. The minimum absolute atomic E-state index is 0.881. The normalized spacial score (nSPS) is 16.1. The molecule has 3 heteroatoms. The topological polar surface area (TPSA) is 28.2 Å². The fraction of sp³-hybridized carbons (Fsp3) is 0.462. The molecule has 0 radical (unpaired) electrons. The molecule has 0 atom stereocenters. The predicted molar refractivity (Wildman–Crippen MR) is 67.6 cm³/mol. The number of anilines is 1. The number of hydrogen-bond acceptors (Lipinski definition) is 3. The monoisotopic (exact) mass is 217 g/mol. The highest BCUT2D eigenvalue weighted by molar-refractivity contribution is 5.42. The Morgan fingerprint density at radius 3 is 2.94 bits per heavy atom. The third-order valence-electron chi connectivity index (χ3n) is 2.85. The molecule has 0 saturated carbocycles. The molecule has 0 saturated heterocycles. The number of rotatable bonds is 3. The summed E-state index contributed by atoms with van der Waals surface area (Å²) in [5.41, 5.74) is 2.67. The number of hydrogen-bond donors (Lipinski definition) is 1. The number of nitrogens with one attached hydrogen (secondary N) is 1. The van der Waals surface area contributed by atoms with Crippen molar-refractivity contribution in [3.05, 3.63) is 35.5 Å². The van der Waals surface area contributed by atoms with Crippen LogP contribution in [0.4, 0.5) is 5.82 Å². The van der Waals surface area contributed by atoms with Crippen LogP contribution in [0.1, 0.15) is 18.9 Å². The quantitative estimate of drug-likeness (QED) is 0.784. The van der Waals surface area contributed by atoms with Gasteiger partial charge in [-0.2, -0.15) is 0 Å². The molecule has 0 aliphatic carbocycles. The molecule has 0 bridgehead atoms. The highest BCUT2D eigenvalue weighted by atomic mass is 15.2. The van der Waals surface area contributed by atoms with Crippen molar-refractivity contribution in [1.82, 2.24) is 10.3 Å². The van der Waals surface area contributed by atoms with Gasteiger partial charge in [-0.25, -0.2) is 4.98 Å². The molecule has 86 valence electrons. The maximum atomic E-state index is 4.51. The van der Waals surface area contributed by atoms with Gasteiger partial charge in [-0.1, -0.05) is 17.7 Å². The number of pyridine rings is 1. The molecule has 16 heavy (non-hydrogen) atoms. The highest BCUT2D eigenvalue weighted by Crippen LogP contribution is 2.17. The van der Waals surface area contributed by atoms with E-state index >= 15 is 0 Å². The summed E-state index contributed by atoms with van der Waals surface area (Å²) in [5.74, 6) is 1.09. The lowest BCUT2D eigenvalue weighted by atomic mass is 10.1. The standard InChI is InChI=1S/C13H19N3/c1-11-4-3-7-16(10-11)13-6-5-12(8-14-2)9-15-13/h4-6,9,14H,3,7-8,10H2,1-2H3. The van der Waals surface area contributed by atoms with E-state index in [1.54, 1.807) is 0 Å². The summed E-state index contributed by atoms with van der Waals surface area (Å²) in [5, 5.41) is 3.13. The Hall–Kier alpha value is -1.35. The zero-order chi connectivity index (χ0) is 11.4. The molecule has 1 aromatic heterocycles. The van der Waals surface area contributed by atoms with Gasteiger partial charge in [0.1, 0.15) is 5.82 Å². The summed E-state index contributed by atoms with van der Waals surface area (Å²) < 4.78 is 0. The maximum Gasteiger partial charge on any atom is 0.128 e. The molecule has 0 unspecified atom stereocenters. The zero-order valence-corrected chi connectivity index (χ0v) is 10.0. The van der Waals surface area contributed by atoms with Crippen molar-refractivity contribution in [2.24, 2.45) is 0 Å². The van der Waals surface area contributed by atoms with Crippen molar-refractivity contribution < 1.29 is 0 Å². The lowest BCUT2D eigenvalue weighted by Crippen LogP contribution is -2.29. The van der Waals surface area contributed by atoms with E-state index in [9.17, 15) is 0 Å². The molecule has 0 spiro atoms. The van der Waals surface area contributed by atoms with Crippen LogP contribution in [0.2, 0.25) is 0 Å². The van der Waals surface area contributed by atoms with Gasteiger partial charge in [0.15, 0.2) is 0 Å². The van der Waals surface area contributed by atoms with Crippen LogP contribution in [-0.2, 0) is 6.54 Å². The lowest BCUT2D eigenvalue weighted by molar-refractivity contribution is 0.772. The average Bonchev–Trinajstić information content (AvgIpc) is 2.30. The molecule has 3 nitrogen and oxygen atoms in total. The molecule has 1 aliphatic rings. The Balaban J connectivity index is 2.07. The van der Waals surface area contributed by atoms with Gasteiger partial charge < -0.3 is 10.2 Å². The van der Waals surface area contributed by atoms with Gasteiger partial charge >= 0.3 is 0 Å². The molecular weight excluding hydrogens is 198 g/mol. The van der Waals surface area contributed by atoms with Crippen molar-refractivity contribution in [3.8, 4) is 0 Å². The van der Waals surface area contributed by atoms with Gasteiger partial charge in [0.25, 0.3) is 0 Å². The van der Waals surface area contributed by atoms with E-state index in [4.69, 9.17) is 0 Å². The van der Waals surface area contributed by atoms with Gasteiger partial charge in [0.05, 0.1) is 0 Å². The van der Waals surface area contributed by atoms with E-state index < -0.39 is 0 Å². The van der Waals surface area contributed by atoms with Crippen molar-refractivity contribution in [2.75, 3.05) is 25.0 Å². The van der Waals surface area contributed by atoms with E-state index in [-0.39, 0.29) is 0 Å². The minimum Gasteiger partial charge on any atom is -0.352 e. The fourth-order valence-electron chi connectivity index (χ4n) is 2.02. The van der Waals surface area contributed by atoms with Crippen molar-refractivity contribution in [1.29, 1.82) is 0 Å². The van der Waals surface area contributed by atoms with E-state index in [2.05, 4.69) is 40.3 Å². The van der Waals surface area contributed by atoms with Crippen LogP contribution in [0.15, 0.2) is 30.0 Å². The van der Waals surface area contributed by atoms with E-state index in [1.807, 2.05) is 13.2 Å². The highest BCUT2D eigenvalue weighted by Gasteiger charge is 2.11. The molecule has 2 heterocycles. The Labute approximate surface area is 97.2 Å². The first-order chi connectivity index (χ1) is 7.79.